The summed E-state index contributed by atoms with van der Waals surface area (Å²) in [4.78, 5) is 10.5. The highest BCUT2D eigenvalue weighted by Gasteiger charge is 2.25. The smallest absolute Gasteiger partial charge is 0.303 e. The molecule has 0 aliphatic carbocycles. The number of aliphatic carboxylic acids is 1. The second-order valence-corrected chi connectivity index (χ2v) is 7.01. The molecule has 2 unspecified atom stereocenters. The van der Waals surface area contributed by atoms with Crippen LogP contribution in [0.5, 0.6) is 0 Å². The lowest BCUT2D eigenvalue weighted by Crippen LogP contribution is -2.26. The van der Waals surface area contributed by atoms with E-state index in [4.69, 9.17) is 5.11 Å². The predicted octanol–water partition coefficient (Wildman–Crippen LogP) is 5.14. The summed E-state index contributed by atoms with van der Waals surface area (Å²) in [6, 6.07) is 0.755. The van der Waals surface area contributed by atoms with Gasteiger partial charge in [-0.25, -0.2) is 0 Å². The average Bonchev–Trinajstić information content (AvgIpc) is 2.93. The molecule has 1 saturated heterocycles. The molecule has 130 valence electrons. The zero-order valence-electron chi connectivity index (χ0n) is 14.6. The Hall–Kier alpha value is -0.570. The number of rotatable bonds is 14. The van der Waals surface area contributed by atoms with E-state index in [1.54, 1.807) is 0 Å². The summed E-state index contributed by atoms with van der Waals surface area (Å²) in [7, 11) is 0. The van der Waals surface area contributed by atoms with Gasteiger partial charge in [-0.3, -0.25) is 4.79 Å². The number of nitrogens with one attached hydrogen (secondary N) is 1. The van der Waals surface area contributed by atoms with E-state index in [2.05, 4.69) is 12.2 Å². The SMILES string of the molecule is CCCCCCCCC1NCCC1CCCCCCC(=O)O. The summed E-state index contributed by atoms with van der Waals surface area (Å²) in [5, 5.41) is 12.3. The largest absolute Gasteiger partial charge is 0.481 e. The molecule has 0 bridgehead atoms. The van der Waals surface area contributed by atoms with Crippen molar-refractivity contribution in [1.82, 2.24) is 5.32 Å². The summed E-state index contributed by atoms with van der Waals surface area (Å²) in [5.41, 5.74) is 0. The van der Waals surface area contributed by atoms with Crippen molar-refractivity contribution < 1.29 is 9.90 Å². The van der Waals surface area contributed by atoms with Crippen molar-refractivity contribution in [1.29, 1.82) is 0 Å². The normalized spacial score (nSPS) is 21.3. The van der Waals surface area contributed by atoms with Crippen LogP contribution in [0.2, 0.25) is 0 Å². The predicted molar refractivity (Wildman–Crippen MR) is 93.2 cm³/mol. The minimum Gasteiger partial charge on any atom is -0.481 e. The highest BCUT2D eigenvalue weighted by Crippen LogP contribution is 2.26. The van der Waals surface area contributed by atoms with Crippen molar-refractivity contribution in [2.75, 3.05) is 6.54 Å². The maximum Gasteiger partial charge on any atom is 0.303 e. The third-order valence-electron chi connectivity index (χ3n) is 5.07. The lowest BCUT2D eigenvalue weighted by molar-refractivity contribution is -0.137. The van der Waals surface area contributed by atoms with Crippen LogP contribution in [0.4, 0.5) is 0 Å². The molecule has 0 aromatic carbocycles. The number of carboxylic acid groups (broad SMARTS) is 1. The van der Waals surface area contributed by atoms with Gasteiger partial charge >= 0.3 is 5.97 Å². The van der Waals surface area contributed by atoms with Crippen molar-refractivity contribution >= 4 is 5.97 Å². The summed E-state index contributed by atoms with van der Waals surface area (Å²) < 4.78 is 0. The van der Waals surface area contributed by atoms with Gasteiger partial charge in [0, 0.05) is 12.5 Å². The van der Waals surface area contributed by atoms with Gasteiger partial charge in [0.05, 0.1) is 0 Å². The molecule has 0 spiro atoms. The van der Waals surface area contributed by atoms with Crippen molar-refractivity contribution in [3.05, 3.63) is 0 Å². The van der Waals surface area contributed by atoms with E-state index in [9.17, 15) is 4.79 Å². The van der Waals surface area contributed by atoms with Gasteiger partial charge in [-0.05, 0) is 38.1 Å². The van der Waals surface area contributed by atoms with E-state index in [0.29, 0.717) is 6.42 Å². The molecule has 1 aliphatic heterocycles. The fourth-order valence-corrected chi connectivity index (χ4v) is 3.69. The molecule has 3 heteroatoms. The monoisotopic (exact) mass is 311 g/mol. The van der Waals surface area contributed by atoms with Gasteiger partial charge in [-0.2, -0.15) is 0 Å². The zero-order chi connectivity index (χ0) is 16.0. The standard InChI is InChI=1S/C19H37NO2/c1-2-3-4-5-6-10-13-18-17(15-16-20-18)12-9-7-8-11-14-19(21)22/h17-18,20H,2-16H2,1H3,(H,21,22). The number of carboxylic acids is 1. The van der Waals surface area contributed by atoms with Gasteiger partial charge in [-0.1, -0.05) is 64.7 Å². The molecule has 0 amide bonds. The fraction of sp³-hybridized carbons (Fsp3) is 0.947. The second kappa shape index (κ2) is 12.9. The minimum atomic E-state index is -0.654. The quantitative estimate of drug-likeness (QED) is 0.437. The van der Waals surface area contributed by atoms with E-state index in [1.807, 2.05) is 0 Å². The van der Waals surface area contributed by atoms with Crippen LogP contribution >= 0.6 is 0 Å². The summed E-state index contributed by atoms with van der Waals surface area (Å²) >= 11 is 0. The van der Waals surface area contributed by atoms with Crippen LogP contribution in [0.15, 0.2) is 0 Å². The van der Waals surface area contributed by atoms with Gasteiger partial charge in [0.25, 0.3) is 0 Å². The Kier molecular flexibility index (Phi) is 11.4. The van der Waals surface area contributed by atoms with Crippen molar-refractivity contribution in [3.8, 4) is 0 Å². The van der Waals surface area contributed by atoms with Gasteiger partial charge < -0.3 is 10.4 Å². The Bertz CT molecular complexity index is 281. The number of carbonyl (C=O) groups is 1. The lowest BCUT2D eigenvalue weighted by atomic mass is 9.90. The topological polar surface area (TPSA) is 49.3 Å². The van der Waals surface area contributed by atoms with Crippen LogP contribution < -0.4 is 5.32 Å². The van der Waals surface area contributed by atoms with Gasteiger partial charge in [0.15, 0.2) is 0 Å². The molecule has 1 heterocycles. The first-order valence-electron chi connectivity index (χ1n) is 9.69. The lowest BCUT2D eigenvalue weighted by Gasteiger charge is -2.19. The first-order chi connectivity index (χ1) is 10.7. The van der Waals surface area contributed by atoms with E-state index in [-0.39, 0.29) is 0 Å². The number of hydrogen-bond acceptors (Lipinski definition) is 2. The molecule has 1 fully saturated rings. The average molecular weight is 312 g/mol. The van der Waals surface area contributed by atoms with Crippen LogP contribution in [0, 0.1) is 5.92 Å². The van der Waals surface area contributed by atoms with E-state index in [1.165, 1.54) is 77.2 Å². The molecule has 2 N–H and O–H groups in total. The van der Waals surface area contributed by atoms with Crippen molar-refractivity contribution in [3.63, 3.8) is 0 Å². The Morgan fingerprint density at radius 1 is 0.955 bits per heavy atom. The Labute approximate surface area is 137 Å². The van der Waals surface area contributed by atoms with Crippen LogP contribution in [0.3, 0.4) is 0 Å². The summed E-state index contributed by atoms with van der Waals surface area (Å²) in [6.07, 6.45) is 17.1. The zero-order valence-corrected chi connectivity index (χ0v) is 14.6. The van der Waals surface area contributed by atoms with E-state index < -0.39 is 5.97 Å². The highest BCUT2D eigenvalue weighted by atomic mass is 16.4. The number of unbranched alkanes of at least 4 members (excludes halogenated alkanes) is 8. The molecule has 0 aromatic rings. The second-order valence-electron chi connectivity index (χ2n) is 7.01. The van der Waals surface area contributed by atoms with Crippen molar-refractivity contribution in [2.45, 2.75) is 103 Å². The first-order valence-corrected chi connectivity index (χ1v) is 9.69. The molecule has 1 aliphatic rings. The maximum atomic E-state index is 10.5. The Morgan fingerprint density at radius 3 is 2.32 bits per heavy atom. The first kappa shape index (κ1) is 19.5. The Balaban J connectivity index is 1.99. The molecular weight excluding hydrogens is 274 g/mol. The summed E-state index contributed by atoms with van der Waals surface area (Å²) in [5.74, 6) is 0.217. The van der Waals surface area contributed by atoms with Crippen LogP contribution in [0.25, 0.3) is 0 Å². The van der Waals surface area contributed by atoms with Crippen LogP contribution in [-0.2, 0) is 4.79 Å². The van der Waals surface area contributed by atoms with Gasteiger partial charge in [0.1, 0.15) is 0 Å². The van der Waals surface area contributed by atoms with Crippen LogP contribution in [0.1, 0.15) is 96.8 Å². The van der Waals surface area contributed by atoms with Crippen LogP contribution in [-0.4, -0.2) is 23.7 Å². The van der Waals surface area contributed by atoms with Gasteiger partial charge in [-0.15, -0.1) is 0 Å². The third-order valence-corrected chi connectivity index (χ3v) is 5.07. The van der Waals surface area contributed by atoms with E-state index in [0.717, 1.165) is 24.8 Å². The van der Waals surface area contributed by atoms with E-state index >= 15 is 0 Å². The molecule has 22 heavy (non-hydrogen) atoms. The fourth-order valence-electron chi connectivity index (χ4n) is 3.69. The molecule has 0 saturated carbocycles. The minimum absolute atomic E-state index is 0.339. The highest BCUT2D eigenvalue weighted by molar-refractivity contribution is 5.66. The molecule has 3 nitrogen and oxygen atoms in total. The van der Waals surface area contributed by atoms with Crippen molar-refractivity contribution in [2.24, 2.45) is 5.92 Å². The Morgan fingerprint density at radius 2 is 1.59 bits per heavy atom. The molecule has 0 radical (unpaired) electrons. The third kappa shape index (κ3) is 9.45. The molecule has 2 atom stereocenters. The maximum absolute atomic E-state index is 10.5. The number of hydrogen-bond donors (Lipinski definition) is 2. The summed E-state index contributed by atoms with van der Waals surface area (Å²) in [6.45, 7) is 3.47. The van der Waals surface area contributed by atoms with Gasteiger partial charge in [0.2, 0.25) is 0 Å². The molecule has 1 rings (SSSR count). The molecule has 0 aromatic heterocycles. The molecular formula is C19H37NO2.